The van der Waals surface area contributed by atoms with Crippen molar-refractivity contribution >= 4 is 15.9 Å². The van der Waals surface area contributed by atoms with Crippen LogP contribution in [0.15, 0.2) is 53.7 Å². The third-order valence-electron chi connectivity index (χ3n) is 5.06. The quantitative estimate of drug-likeness (QED) is 0.748. The van der Waals surface area contributed by atoms with E-state index in [1.54, 1.807) is 12.4 Å². The number of amides is 1. The lowest BCUT2D eigenvalue weighted by molar-refractivity contribution is -0.137. The molecule has 1 N–H and O–H groups in total. The van der Waals surface area contributed by atoms with Crippen LogP contribution in [0.25, 0.3) is 0 Å². The Morgan fingerprint density at radius 1 is 1.17 bits per heavy atom. The summed E-state index contributed by atoms with van der Waals surface area (Å²) in [5.74, 6) is -0.470. The van der Waals surface area contributed by atoms with Crippen molar-refractivity contribution in [2.75, 3.05) is 19.6 Å². The SMILES string of the molecule is O=C(NCCc1cccnc1)C1CCN(S(=O)(=O)c2cccc(C(F)(F)F)c2)CC1. The zero-order chi connectivity index (χ0) is 21.8. The number of carbonyl (C=O) groups is 1. The number of aromatic nitrogens is 1. The highest BCUT2D eigenvalue weighted by Gasteiger charge is 2.35. The largest absolute Gasteiger partial charge is 0.416 e. The number of nitrogens with zero attached hydrogens (tertiary/aromatic N) is 2. The lowest BCUT2D eigenvalue weighted by Gasteiger charge is -2.30. The summed E-state index contributed by atoms with van der Waals surface area (Å²) in [7, 11) is -4.05. The van der Waals surface area contributed by atoms with Gasteiger partial charge in [-0.2, -0.15) is 17.5 Å². The van der Waals surface area contributed by atoms with Crippen LogP contribution in [0.4, 0.5) is 13.2 Å². The Bertz CT molecular complexity index is 974. The molecule has 0 aliphatic carbocycles. The number of benzene rings is 1. The molecular formula is C20H22F3N3O3S. The summed E-state index contributed by atoms with van der Waals surface area (Å²) in [5.41, 5.74) is -0.00810. The van der Waals surface area contributed by atoms with Crippen LogP contribution < -0.4 is 5.32 Å². The van der Waals surface area contributed by atoms with Crippen LogP contribution in [-0.4, -0.2) is 43.2 Å². The minimum atomic E-state index is -4.62. The van der Waals surface area contributed by atoms with E-state index in [0.717, 1.165) is 28.1 Å². The standard InChI is InChI=1S/C20H22F3N3O3S/c21-20(22,23)17-4-1-5-18(13-17)30(28,29)26-11-7-16(8-12-26)19(27)25-10-6-15-3-2-9-24-14-15/h1-5,9,13-14,16H,6-8,10-12H2,(H,25,27). The molecule has 2 heterocycles. The number of hydrogen-bond donors (Lipinski definition) is 1. The Morgan fingerprint density at radius 2 is 1.90 bits per heavy atom. The number of sulfonamides is 1. The van der Waals surface area contributed by atoms with Gasteiger partial charge in [-0.3, -0.25) is 9.78 Å². The average Bonchev–Trinajstić information content (AvgIpc) is 2.74. The molecule has 10 heteroatoms. The second-order valence-electron chi connectivity index (χ2n) is 7.11. The van der Waals surface area contributed by atoms with Crippen molar-refractivity contribution in [3.05, 3.63) is 59.9 Å². The van der Waals surface area contributed by atoms with Crippen LogP contribution in [0.3, 0.4) is 0 Å². The highest BCUT2D eigenvalue weighted by Crippen LogP contribution is 2.32. The smallest absolute Gasteiger partial charge is 0.356 e. The van der Waals surface area contributed by atoms with Gasteiger partial charge in [0.05, 0.1) is 10.5 Å². The van der Waals surface area contributed by atoms with Gasteiger partial charge in [-0.15, -0.1) is 0 Å². The maximum Gasteiger partial charge on any atom is 0.416 e. The summed E-state index contributed by atoms with van der Waals surface area (Å²) in [6.45, 7) is 0.617. The predicted octanol–water partition coefficient (Wildman–Crippen LogP) is 2.86. The van der Waals surface area contributed by atoms with Crippen LogP contribution in [0.1, 0.15) is 24.0 Å². The monoisotopic (exact) mass is 441 g/mol. The number of pyridine rings is 1. The summed E-state index contributed by atoms with van der Waals surface area (Å²) in [5, 5.41) is 2.85. The number of carbonyl (C=O) groups excluding carboxylic acids is 1. The van der Waals surface area contributed by atoms with Gasteiger partial charge < -0.3 is 5.32 Å². The maximum absolute atomic E-state index is 12.9. The fourth-order valence-corrected chi connectivity index (χ4v) is 4.88. The number of halogens is 3. The van der Waals surface area contributed by atoms with E-state index in [9.17, 15) is 26.4 Å². The molecule has 0 radical (unpaired) electrons. The first-order valence-corrected chi connectivity index (χ1v) is 11.0. The summed E-state index contributed by atoms with van der Waals surface area (Å²) in [6.07, 6.45) is 0.0508. The fourth-order valence-electron chi connectivity index (χ4n) is 3.36. The first-order chi connectivity index (χ1) is 14.2. The summed E-state index contributed by atoms with van der Waals surface area (Å²) < 4.78 is 65.3. The van der Waals surface area contributed by atoms with Crippen molar-refractivity contribution in [3.8, 4) is 0 Å². The van der Waals surface area contributed by atoms with Gasteiger partial charge in [0.1, 0.15) is 0 Å². The molecule has 2 aromatic rings. The summed E-state index contributed by atoms with van der Waals surface area (Å²) >= 11 is 0. The van der Waals surface area contributed by atoms with Crippen molar-refractivity contribution in [3.63, 3.8) is 0 Å². The van der Waals surface area contributed by atoms with Crippen LogP contribution in [0.5, 0.6) is 0 Å². The Balaban J connectivity index is 1.55. The molecule has 0 spiro atoms. The maximum atomic E-state index is 12.9. The number of hydrogen-bond acceptors (Lipinski definition) is 4. The first kappa shape index (κ1) is 22.2. The molecule has 6 nitrogen and oxygen atoms in total. The average molecular weight is 441 g/mol. The number of alkyl halides is 3. The molecule has 0 atom stereocenters. The van der Waals surface area contributed by atoms with Gasteiger partial charge in [-0.25, -0.2) is 8.42 Å². The van der Waals surface area contributed by atoms with Crippen molar-refractivity contribution < 1.29 is 26.4 Å². The van der Waals surface area contributed by atoms with E-state index in [-0.39, 0.29) is 24.9 Å². The number of rotatable bonds is 6. The molecule has 1 aromatic carbocycles. The van der Waals surface area contributed by atoms with E-state index in [0.29, 0.717) is 31.9 Å². The third kappa shape index (κ3) is 5.37. The van der Waals surface area contributed by atoms with Gasteiger partial charge in [0.25, 0.3) is 0 Å². The highest BCUT2D eigenvalue weighted by atomic mass is 32.2. The lowest BCUT2D eigenvalue weighted by atomic mass is 9.97. The molecule has 1 aliphatic heterocycles. The van der Waals surface area contributed by atoms with Gasteiger partial charge >= 0.3 is 6.18 Å². The highest BCUT2D eigenvalue weighted by molar-refractivity contribution is 7.89. The van der Waals surface area contributed by atoms with Crippen LogP contribution in [0, 0.1) is 5.92 Å². The molecule has 162 valence electrons. The predicted molar refractivity (Wildman–Crippen MR) is 104 cm³/mol. The zero-order valence-corrected chi connectivity index (χ0v) is 16.9. The molecule has 3 rings (SSSR count). The second-order valence-corrected chi connectivity index (χ2v) is 9.04. The Hall–Kier alpha value is -2.46. The molecule has 0 unspecified atom stereocenters. The third-order valence-corrected chi connectivity index (χ3v) is 6.95. The van der Waals surface area contributed by atoms with Crippen molar-refractivity contribution in [2.45, 2.75) is 30.3 Å². The van der Waals surface area contributed by atoms with Crippen LogP contribution in [-0.2, 0) is 27.4 Å². The zero-order valence-electron chi connectivity index (χ0n) is 16.1. The van der Waals surface area contributed by atoms with E-state index in [1.807, 2.05) is 12.1 Å². The first-order valence-electron chi connectivity index (χ1n) is 9.52. The number of nitrogens with one attached hydrogen (secondary N) is 1. The van der Waals surface area contributed by atoms with E-state index in [4.69, 9.17) is 0 Å². The van der Waals surface area contributed by atoms with E-state index in [2.05, 4.69) is 10.3 Å². The summed E-state index contributed by atoms with van der Waals surface area (Å²) in [4.78, 5) is 16.0. The van der Waals surface area contributed by atoms with E-state index >= 15 is 0 Å². The van der Waals surface area contributed by atoms with Crippen LogP contribution >= 0.6 is 0 Å². The molecule has 30 heavy (non-hydrogen) atoms. The van der Waals surface area contributed by atoms with Crippen molar-refractivity contribution in [2.24, 2.45) is 5.92 Å². The molecule has 0 saturated carbocycles. The Kier molecular flexibility index (Phi) is 6.77. The topological polar surface area (TPSA) is 79.4 Å². The lowest BCUT2D eigenvalue weighted by Crippen LogP contribution is -2.43. The Morgan fingerprint density at radius 3 is 2.53 bits per heavy atom. The molecule has 1 aromatic heterocycles. The van der Waals surface area contributed by atoms with Gasteiger partial charge in [0.15, 0.2) is 0 Å². The van der Waals surface area contributed by atoms with Gasteiger partial charge in [0.2, 0.25) is 15.9 Å². The van der Waals surface area contributed by atoms with Gasteiger partial charge in [-0.1, -0.05) is 12.1 Å². The molecule has 1 amide bonds. The minimum absolute atomic E-state index is 0.0826. The van der Waals surface area contributed by atoms with Crippen LogP contribution in [0.2, 0.25) is 0 Å². The molecule has 1 aliphatic rings. The minimum Gasteiger partial charge on any atom is -0.356 e. The normalized spacial score (nSPS) is 16.4. The molecule has 0 bridgehead atoms. The molecular weight excluding hydrogens is 419 g/mol. The summed E-state index contributed by atoms with van der Waals surface area (Å²) in [6, 6.07) is 7.45. The van der Waals surface area contributed by atoms with Gasteiger partial charge in [-0.05, 0) is 49.1 Å². The number of piperidine rings is 1. The fraction of sp³-hybridized carbons (Fsp3) is 0.400. The van der Waals surface area contributed by atoms with E-state index < -0.39 is 26.7 Å². The molecule has 1 saturated heterocycles. The van der Waals surface area contributed by atoms with Gasteiger partial charge in [0, 0.05) is 37.9 Å². The Labute approximate surface area is 173 Å². The molecule has 1 fully saturated rings. The van der Waals surface area contributed by atoms with Crippen molar-refractivity contribution in [1.29, 1.82) is 0 Å². The van der Waals surface area contributed by atoms with Crippen molar-refractivity contribution in [1.82, 2.24) is 14.6 Å². The second kappa shape index (κ2) is 9.13. The van der Waals surface area contributed by atoms with E-state index in [1.165, 1.54) is 0 Å².